The predicted molar refractivity (Wildman–Crippen MR) is 52.4 cm³/mol. The van der Waals surface area contributed by atoms with Gasteiger partial charge in [-0.2, -0.15) is 5.10 Å². The van der Waals surface area contributed by atoms with E-state index in [1.807, 2.05) is 24.3 Å². The van der Waals surface area contributed by atoms with Gasteiger partial charge in [-0.3, -0.25) is 14.9 Å². The number of carbonyl (C=O) groups is 1. The third-order valence-electron chi connectivity index (χ3n) is 2.09. The second kappa shape index (κ2) is 3.12. The van der Waals surface area contributed by atoms with Crippen molar-refractivity contribution in [2.45, 2.75) is 0 Å². The van der Waals surface area contributed by atoms with E-state index in [9.17, 15) is 4.79 Å². The molecular weight excluding hydrogens is 180 g/mol. The highest BCUT2D eigenvalue weighted by Gasteiger charge is 2.14. The van der Waals surface area contributed by atoms with Crippen molar-refractivity contribution in [3.05, 3.63) is 30.0 Å². The monoisotopic (exact) mass is 190 g/mol. The molecule has 0 aliphatic heterocycles. The van der Waals surface area contributed by atoms with Gasteiger partial charge < -0.3 is 0 Å². The number of amides is 1. The molecule has 5 heteroatoms. The predicted octanol–water partition coefficient (Wildman–Crippen LogP) is 0.177. The minimum absolute atomic E-state index is 0.332. The number of hydrogen-bond donors (Lipinski definition) is 2. The summed E-state index contributed by atoms with van der Waals surface area (Å²) in [6.45, 7) is 0. The van der Waals surface area contributed by atoms with E-state index in [1.54, 1.807) is 7.05 Å². The second-order valence-corrected chi connectivity index (χ2v) is 2.96. The van der Waals surface area contributed by atoms with Crippen molar-refractivity contribution >= 4 is 16.8 Å². The summed E-state index contributed by atoms with van der Waals surface area (Å²) >= 11 is 0. The Morgan fingerprint density at radius 3 is 2.93 bits per heavy atom. The Balaban J connectivity index is 2.74. The van der Waals surface area contributed by atoms with Crippen molar-refractivity contribution < 1.29 is 4.79 Å². The van der Waals surface area contributed by atoms with Crippen LogP contribution in [-0.2, 0) is 7.05 Å². The fraction of sp³-hybridized carbons (Fsp3) is 0.111. The van der Waals surface area contributed by atoms with Crippen molar-refractivity contribution in [1.82, 2.24) is 15.2 Å². The number of rotatable bonds is 1. The van der Waals surface area contributed by atoms with Crippen molar-refractivity contribution in [3.8, 4) is 0 Å². The van der Waals surface area contributed by atoms with Crippen LogP contribution >= 0.6 is 0 Å². The van der Waals surface area contributed by atoms with E-state index in [2.05, 4.69) is 10.5 Å². The molecule has 0 aliphatic rings. The van der Waals surface area contributed by atoms with Gasteiger partial charge in [-0.05, 0) is 6.07 Å². The Hall–Kier alpha value is -1.88. The first-order valence-corrected chi connectivity index (χ1v) is 4.16. The molecule has 0 bridgehead atoms. The minimum atomic E-state index is -0.332. The molecular formula is C9H10N4O. The van der Waals surface area contributed by atoms with Crippen LogP contribution in [0.1, 0.15) is 10.5 Å². The first kappa shape index (κ1) is 8.71. The molecule has 1 amide bonds. The van der Waals surface area contributed by atoms with E-state index in [0.29, 0.717) is 5.69 Å². The fourth-order valence-corrected chi connectivity index (χ4v) is 1.48. The van der Waals surface area contributed by atoms with E-state index in [1.165, 1.54) is 4.68 Å². The molecule has 1 aromatic heterocycles. The molecule has 5 nitrogen and oxygen atoms in total. The quantitative estimate of drug-likeness (QED) is 0.382. The van der Waals surface area contributed by atoms with Crippen molar-refractivity contribution in [1.29, 1.82) is 0 Å². The molecule has 0 spiro atoms. The highest BCUT2D eigenvalue weighted by molar-refractivity contribution is 6.04. The van der Waals surface area contributed by atoms with Gasteiger partial charge in [0.05, 0.1) is 5.52 Å². The largest absolute Gasteiger partial charge is 0.289 e. The fourth-order valence-electron chi connectivity index (χ4n) is 1.48. The van der Waals surface area contributed by atoms with Gasteiger partial charge in [0, 0.05) is 12.4 Å². The van der Waals surface area contributed by atoms with Gasteiger partial charge in [-0.15, -0.1) is 0 Å². The zero-order valence-corrected chi connectivity index (χ0v) is 7.69. The summed E-state index contributed by atoms with van der Waals surface area (Å²) in [7, 11) is 1.71. The van der Waals surface area contributed by atoms with Crippen molar-refractivity contribution in [2.75, 3.05) is 0 Å². The maximum absolute atomic E-state index is 11.4. The standard InChI is InChI=1S/C9H10N4O/c1-13-8(9(14)11-10)6-4-2-3-5-7(6)12-13/h2-5H,10H2,1H3,(H,11,14). The van der Waals surface area contributed by atoms with Crippen LogP contribution in [0.25, 0.3) is 10.9 Å². The van der Waals surface area contributed by atoms with Crippen LogP contribution in [-0.4, -0.2) is 15.7 Å². The Bertz CT molecular complexity index is 489. The molecule has 2 aromatic rings. The lowest BCUT2D eigenvalue weighted by Gasteiger charge is -1.99. The number of nitrogen functional groups attached to an aromatic ring is 1. The number of nitrogens with zero attached hydrogens (tertiary/aromatic N) is 2. The van der Waals surface area contributed by atoms with Crippen molar-refractivity contribution in [3.63, 3.8) is 0 Å². The first-order chi connectivity index (χ1) is 6.74. The van der Waals surface area contributed by atoms with Crippen LogP contribution in [0.15, 0.2) is 24.3 Å². The Morgan fingerprint density at radius 1 is 1.50 bits per heavy atom. The Labute approximate surface area is 80.5 Å². The molecule has 0 aliphatic carbocycles. The summed E-state index contributed by atoms with van der Waals surface area (Å²) in [5.41, 5.74) is 3.36. The topological polar surface area (TPSA) is 72.9 Å². The van der Waals surface area contributed by atoms with E-state index in [4.69, 9.17) is 5.84 Å². The van der Waals surface area contributed by atoms with Gasteiger partial charge in [0.2, 0.25) is 0 Å². The maximum Gasteiger partial charge on any atom is 0.284 e. The van der Waals surface area contributed by atoms with Crippen LogP contribution in [0.4, 0.5) is 0 Å². The third kappa shape index (κ3) is 1.14. The number of aromatic nitrogens is 2. The van der Waals surface area contributed by atoms with E-state index < -0.39 is 0 Å². The summed E-state index contributed by atoms with van der Waals surface area (Å²) in [5.74, 6) is 4.75. The molecule has 2 rings (SSSR count). The number of fused-ring (bicyclic) bond motifs is 1. The summed E-state index contributed by atoms with van der Waals surface area (Å²) in [6.07, 6.45) is 0. The van der Waals surface area contributed by atoms with Crippen LogP contribution in [0, 0.1) is 0 Å². The number of hydrazine groups is 1. The third-order valence-corrected chi connectivity index (χ3v) is 2.09. The number of aryl methyl sites for hydroxylation is 1. The molecule has 14 heavy (non-hydrogen) atoms. The molecule has 0 fully saturated rings. The highest BCUT2D eigenvalue weighted by Crippen LogP contribution is 2.16. The Morgan fingerprint density at radius 2 is 2.21 bits per heavy atom. The average Bonchev–Trinajstić information content (AvgIpc) is 2.53. The number of nitrogens with one attached hydrogen (secondary N) is 1. The van der Waals surface area contributed by atoms with Gasteiger partial charge in [0.1, 0.15) is 5.69 Å². The van der Waals surface area contributed by atoms with Crippen molar-refractivity contribution in [2.24, 2.45) is 12.9 Å². The lowest BCUT2D eigenvalue weighted by Crippen LogP contribution is -2.31. The molecule has 0 saturated heterocycles. The molecule has 0 unspecified atom stereocenters. The van der Waals surface area contributed by atoms with Crippen LogP contribution in [0.2, 0.25) is 0 Å². The van der Waals surface area contributed by atoms with E-state index >= 15 is 0 Å². The van der Waals surface area contributed by atoms with Gasteiger partial charge in [-0.25, -0.2) is 5.84 Å². The van der Waals surface area contributed by atoms with Crippen LogP contribution in [0.3, 0.4) is 0 Å². The second-order valence-electron chi connectivity index (χ2n) is 2.96. The zero-order valence-electron chi connectivity index (χ0n) is 7.69. The Kier molecular flexibility index (Phi) is 1.94. The van der Waals surface area contributed by atoms with E-state index in [-0.39, 0.29) is 5.91 Å². The minimum Gasteiger partial charge on any atom is -0.289 e. The SMILES string of the molecule is Cn1nc2ccccc2c1C(=O)NN. The van der Waals surface area contributed by atoms with Gasteiger partial charge in [0.25, 0.3) is 5.91 Å². The normalized spacial score (nSPS) is 10.4. The lowest BCUT2D eigenvalue weighted by molar-refractivity contribution is 0.0946. The summed E-state index contributed by atoms with van der Waals surface area (Å²) in [6, 6.07) is 7.42. The molecule has 3 N–H and O–H groups in total. The van der Waals surface area contributed by atoms with Gasteiger partial charge in [-0.1, -0.05) is 18.2 Å². The molecule has 0 saturated carbocycles. The van der Waals surface area contributed by atoms with Gasteiger partial charge in [0.15, 0.2) is 0 Å². The lowest BCUT2D eigenvalue weighted by atomic mass is 10.2. The summed E-state index contributed by atoms with van der Waals surface area (Å²) < 4.78 is 1.52. The van der Waals surface area contributed by atoms with Gasteiger partial charge >= 0.3 is 0 Å². The smallest absolute Gasteiger partial charge is 0.284 e. The number of hydrogen-bond acceptors (Lipinski definition) is 3. The molecule has 1 heterocycles. The highest BCUT2D eigenvalue weighted by atomic mass is 16.2. The first-order valence-electron chi connectivity index (χ1n) is 4.16. The summed E-state index contributed by atoms with van der Waals surface area (Å²) in [4.78, 5) is 11.4. The number of benzene rings is 1. The maximum atomic E-state index is 11.4. The molecule has 1 aromatic carbocycles. The molecule has 0 atom stereocenters. The molecule has 72 valence electrons. The van der Waals surface area contributed by atoms with E-state index in [0.717, 1.165) is 10.9 Å². The van der Waals surface area contributed by atoms with Crippen LogP contribution < -0.4 is 11.3 Å². The summed E-state index contributed by atoms with van der Waals surface area (Å²) in [5, 5.41) is 4.99. The number of nitrogens with two attached hydrogens (primary N) is 1. The molecule has 0 radical (unpaired) electrons. The average molecular weight is 190 g/mol. The number of carbonyl (C=O) groups excluding carboxylic acids is 1. The van der Waals surface area contributed by atoms with Crippen LogP contribution in [0.5, 0.6) is 0 Å². The zero-order chi connectivity index (χ0) is 10.1.